The van der Waals surface area contributed by atoms with Crippen LogP contribution >= 0.6 is 0 Å². The number of rotatable bonds is 20. The lowest BCUT2D eigenvalue weighted by atomic mass is 9.91. The highest BCUT2D eigenvalue weighted by molar-refractivity contribution is 5.84. The van der Waals surface area contributed by atoms with E-state index in [2.05, 4.69) is 4.90 Å². The zero-order valence-electron chi connectivity index (χ0n) is 22.4. The number of ketones is 1. The van der Waals surface area contributed by atoms with Crippen LogP contribution in [0.25, 0.3) is 0 Å². The van der Waals surface area contributed by atoms with E-state index in [9.17, 15) is 14.4 Å². The van der Waals surface area contributed by atoms with Crippen LogP contribution in [0.15, 0.2) is 0 Å². The molecule has 0 atom stereocenters. The summed E-state index contributed by atoms with van der Waals surface area (Å²) < 4.78 is 21.6. The van der Waals surface area contributed by atoms with Crippen LogP contribution in [0.4, 0.5) is 0 Å². The van der Waals surface area contributed by atoms with Crippen molar-refractivity contribution in [2.75, 3.05) is 101 Å². The van der Waals surface area contributed by atoms with Crippen molar-refractivity contribution in [1.82, 2.24) is 14.7 Å². The maximum absolute atomic E-state index is 12.1. The number of likely N-dealkylation sites (N-methyl/N-ethyl adjacent to an activating group) is 2. The van der Waals surface area contributed by atoms with Crippen molar-refractivity contribution in [2.24, 2.45) is 5.41 Å². The average Bonchev–Trinajstić information content (AvgIpc) is 2.75. The zero-order valence-corrected chi connectivity index (χ0v) is 22.4. The van der Waals surface area contributed by atoms with E-state index in [1.165, 1.54) is 0 Å². The largest absolute Gasteiger partial charge is 0.377 e. The lowest BCUT2D eigenvalue weighted by molar-refractivity contribution is -0.136. The molecule has 0 aromatic rings. The summed E-state index contributed by atoms with van der Waals surface area (Å²) in [5.74, 6) is 0.0259. The van der Waals surface area contributed by atoms with Crippen molar-refractivity contribution in [2.45, 2.75) is 33.6 Å². The van der Waals surface area contributed by atoms with Crippen molar-refractivity contribution in [1.29, 1.82) is 0 Å². The highest BCUT2D eigenvalue weighted by Gasteiger charge is 2.20. The van der Waals surface area contributed by atoms with Gasteiger partial charge < -0.3 is 33.6 Å². The van der Waals surface area contributed by atoms with Crippen molar-refractivity contribution in [3.8, 4) is 0 Å². The number of amides is 2. The van der Waals surface area contributed by atoms with Crippen molar-refractivity contribution in [3.05, 3.63) is 0 Å². The van der Waals surface area contributed by atoms with Gasteiger partial charge >= 0.3 is 0 Å². The summed E-state index contributed by atoms with van der Waals surface area (Å²) in [5.41, 5.74) is -0.402. The monoisotopic (exact) mass is 489 g/mol. The zero-order chi connectivity index (χ0) is 26.0. The first-order chi connectivity index (χ1) is 15.9. The van der Waals surface area contributed by atoms with Gasteiger partial charge in [0.1, 0.15) is 13.2 Å². The van der Waals surface area contributed by atoms with Crippen LogP contribution in [0.5, 0.6) is 0 Å². The maximum Gasteiger partial charge on any atom is 0.248 e. The van der Waals surface area contributed by atoms with Crippen LogP contribution < -0.4 is 0 Å². The summed E-state index contributed by atoms with van der Waals surface area (Å²) in [6.07, 6.45) is 1.37. The summed E-state index contributed by atoms with van der Waals surface area (Å²) >= 11 is 0. The molecule has 0 aliphatic carbocycles. The Labute approximate surface area is 205 Å². The topological polar surface area (TPSA) is 97.9 Å². The molecule has 0 N–H and O–H groups in total. The fourth-order valence-electron chi connectivity index (χ4n) is 2.48. The van der Waals surface area contributed by atoms with Gasteiger partial charge in [0.05, 0.1) is 39.6 Å². The molecule has 0 heterocycles. The minimum atomic E-state index is -0.402. The van der Waals surface area contributed by atoms with Crippen molar-refractivity contribution < 1.29 is 33.3 Å². The molecule has 0 aliphatic heterocycles. The third-order valence-corrected chi connectivity index (χ3v) is 5.03. The third-order valence-electron chi connectivity index (χ3n) is 5.03. The van der Waals surface area contributed by atoms with Crippen LogP contribution in [-0.4, -0.2) is 133 Å². The molecule has 0 unspecified atom stereocenters. The van der Waals surface area contributed by atoms with Gasteiger partial charge in [-0.05, 0) is 27.1 Å². The molecular formula is C24H47N3O7. The Hall–Kier alpha value is -1.59. The first kappa shape index (κ1) is 32.4. The molecule has 0 bridgehead atoms. The molecular weight excluding hydrogens is 442 g/mol. The molecule has 2 amide bonds. The summed E-state index contributed by atoms with van der Waals surface area (Å²) in [6, 6.07) is 0. The molecule has 0 radical (unpaired) electrons. The predicted octanol–water partition coefficient (Wildman–Crippen LogP) is 0.927. The van der Waals surface area contributed by atoms with Gasteiger partial charge in [0, 0.05) is 39.0 Å². The number of carbonyl (C=O) groups excluding carboxylic acids is 3. The van der Waals surface area contributed by atoms with E-state index in [1.54, 1.807) is 23.9 Å². The van der Waals surface area contributed by atoms with Gasteiger partial charge in [0.25, 0.3) is 0 Å². The van der Waals surface area contributed by atoms with E-state index in [1.807, 2.05) is 34.9 Å². The molecule has 200 valence electrons. The van der Waals surface area contributed by atoms with Crippen LogP contribution in [-0.2, 0) is 33.3 Å². The molecule has 0 saturated heterocycles. The molecule has 34 heavy (non-hydrogen) atoms. The highest BCUT2D eigenvalue weighted by Crippen LogP contribution is 2.14. The van der Waals surface area contributed by atoms with Gasteiger partial charge in [-0.3, -0.25) is 14.4 Å². The second-order valence-corrected chi connectivity index (χ2v) is 9.54. The quantitative estimate of drug-likeness (QED) is 0.233. The van der Waals surface area contributed by atoms with Crippen LogP contribution in [0, 0.1) is 5.41 Å². The Bertz CT molecular complexity index is 579. The summed E-state index contributed by atoms with van der Waals surface area (Å²) in [6.45, 7) is 9.67. The number of hydrogen-bond donors (Lipinski definition) is 0. The number of hydrogen-bond acceptors (Lipinski definition) is 8. The summed E-state index contributed by atoms with van der Waals surface area (Å²) in [7, 11) is 7.44. The van der Waals surface area contributed by atoms with Gasteiger partial charge in [-0.1, -0.05) is 20.8 Å². The molecule has 0 aromatic carbocycles. The van der Waals surface area contributed by atoms with E-state index in [0.717, 1.165) is 13.0 Å². The molecule has 0 rings (SSSR count). The molecule has 0 fully saturated rings. The summed E-state index contributed by atoms with van der Waals surface area (Å²) in [4.78, 5) is 41.1. The molecule has 0 aromatic heterocycles. The van der Waals surface area contributed by atoms with E-state index in [4.69, 9.17) is 18.9 Å². The van der Waals surface area contributed by atoms with Crippen LogP contribution in [0.3, 0.4) is 0 Å². The van der Waals surface area contributed by atoms with Gasteiger partial charge in [-0.15, -0.1) is 0 Å². The van der Waals surface area contributed by atoms with Gasteiger partial charge in [0.15, 0.2) is 5.78 Å². The number of ether oxygens (including phenoxy) is 4. The van der Waals surface area contributed by atoms with Crippen molar-refractivity contribution in [3.63, 3.8) is 0 Å². The van der Waals surface area contributed by atoms with Crippen LogP contribution in [0.2, 0.25) is 0 Å². The Morgan fingerprint density at radius 1 is 0.618 bits per heavy atom. The number of carbonyl (C=O) groups is 3. The standard InChI is InChI=1S/C24H47N3O7/c1-24(2,3)21(28)19-33-17-15-32-14-12-27(7)23(30)20-34-18-16-31-13-11-26(6)22(29)9-8-10-25(4)5/h8-20H2,1-7H3. The van der Waals surface area contributed by atoms with Crippen LogP contribution in [0.1, 0.15) is 33.6 Å². The molecule has 10 nitrogen and oxygen atoms in total. The van der Waals surface area contributed by atoms with Crippen molar-refractivity contribution >= 4 is 17.6 Å². The SMILES string of the molecule is CN(C)CCCC(=O)N(C)CCOCCOCC(=O)N(C)CCOCCOCC(=O)C(C)(C)C. The fraction of sp³-hybridized carbons (Fsp3) is 0.875. The van der Waals surface area contributed by atoms with E-state index in [-0.39, 0.29) is 30.8 Å². The molecule has 0 saturated carbocycles. The smallest absolute Gasteiger partial charge is 0.248 e. The first-order valence-corrected chi connectivity index (χ1v) is 11.9. The lowest BCUT2D eigenvalue weighted by Gasteiger charge is -2.18. The second-order valence-electron chi connectivity index (χ2n) is 9.54. The number of nitrogens with zero attached hydrogens (tertiary/aromatic N) is 3. The van der Waals surface area contributed by atoms with E-state index < -0.39 is 5.41 Å². The molecule has 0 aliphatic rings. The number of Topliss-reactive ketones (excluding diaryl/α,β-unsaturated/α-hetero) is 1. The minimum absolute atomic E-state index is 0.0256. The Morgan fingerprint density at radius 2 is 1.09 bits per heavy atom. The minimum Gasteiger partial charge on any atom is -0.377 e. The lowest BCUT2D eigenvalue weighted by Crippen LogP contribution is -2.34. The Morgan fingerprint density at radius 3 is 1.59 bits per heavy atom. The predicted molar refractivity (Wildman–Crippen MR) is 131 cm³/mol. The second kappa shape index (κ2) is 18.7. The summed E-state index contributed by atoms with van der Waals surface area (Å²) in [5, 5.41) is 0. The molecule has 10 heteroatoms. The average molecular weight is 490 g/mol. The first-order valence-electron chi connectivity index (χ1n) is 11.9. The van der Waals surface area contributed by atoms with Gasteiger partial charge in [-0.2, -0.15) is 0 Å². The van der Waals surface area contributed by atoms with Gasteiger partial charge in [-0.25, -0.2) is 0 Å². The Kier molecular flexibility index (Phi) is 17.8. The normalized spacial score (nSPS) is 11.6. The maximum atomic E-state index is 12.1. The highest BCUT2D eigenvalue weighted by atomic mass is 16.5. The fourth-order valence-corrected chi connectivity index (χ4v) is 2.48. The van der Waals surface area contributed by atoms with Gasteiger partial charge in [0.2, 0.25) is 11.8 Å². The third kappa shape index (κ3) is 17.8. The van der Waals surface area contributed by atoms with E-state index in [0.29, 0.717) is 59.2 Å². The van der Waals surface area contributed by atoms with E-state index >= 15 is 0 Å². The Balaban J connectivity index is 3.63. The molecule has 0 spiro atoms.